The maximum Gasteiger partial charge on any atom is 0.261 e. The molecule has 0 fully saturated rings. The lowest BCUT2D eigenvalue weighted by Gasteiger charge is -2.11. The molecule has 1 heterocycles. The van der Waals surface area contributed by atoms with Gasteiger partial charge in [0.25, 0.3) is 5.91 Å². The molecule has 108 valence electrons. The summed E-state index contributed by atoms with van der Waals surface area (Å²) >= 11 is 5.95. The van der Waals surface area contributed by atoms with Crippen molar-refractivity contribution < 1.29 is 9.53 Å². The van der Waals surface area contributed by atoms with Crippen molar-refractivity contribution in [2.75, 3.05) is 6.54 Å². The predicted molar refractivity (Wildman–Crippen MR) is 82.7 cm³/mol. The van der Waals surface area contributed by atoms with Gasteiger partial charge < -0.3 is 10.1 Å². The molecule has 0 aromatic heterocycles. The van der Waals surface area contributed by atoms with E-state index in [-0.39, 0.29) is 5.91 Å². The van der Waals surface area contributed by atoms with Crippen LogP contribution in [-0.4, -0.2) is 18.6 Å². The normalized spacial score (nSPS) is 16.1. The highest BCUT2D eigenvalue weighted by Crippen LogP contribution is 2.31. The van der Waals surface area contributed by atoms with Crippen LogP contribution in [0.1, 0.15) is 11.1 Å². The Hall–Kier alpha value is -2.00. The minimum atomic E-state index is -0.450. The molecule has 0 saturated carbocycles. The number of carbonyl (C=O) groups excluding carboxylic acids is 1. The Morgan fingerprint density at radius 1 is 1.24 bits per heavy atom. The van der Waals surface area contributed by atoms with Crippen molar-refractivity contribution in [2.45, 2.75) is 18.9 Å². The molecule has 0 radical (unpaired) electrons. The summed E-state index contributed by atoms with van der Waals surface area (Å²) in [6.45, 7) is 0.611. The lowest BCUT2D eigenvalue weighted by Crippen LogP contribution is -2.38. The van der Waals surface area contributed by atoms with Crippen molar-refractivity contribution in [1.29, 1.82) is 0 Å². The van der Waals surface area contributed by atoms with E-state index in [4.69, 9.17) is 16.3 Å². The Morgan fingerprint density at radius 2 is 2.05 bits per heavy atom. The second kappa shape index (κ2) is 6.19. The van der Waals surface area contributed by atoms with Crippen molar-refractivity contribution in [1.82, 2.24) is 5.32 Å². The number of halogens is 1. The second-order valence-electron chi connectivity index (χ2n) is 5.09. The SMILES string of the molecule is O=C(NCCc1ccccc1)[C@@H]1Cc2cc(Cl)ccc2O1. The molecule has 4 heteroatoms. The largest absolute Gasteiger partial charge is 0.480 e. The molecule has 0 spiro atoms. The summed E-state index contributed by atoms with van der Waals surface area (Å²) in [7, 11) is 0. The summed E-state index contributed by atoms with van der Waals surface area (Å²) in [5, 5.41) is 3.59. The van der Waals surface area contributed by atoms with E-state index in [1.54, 1.807) is 6.07 Å². The number of ether oxygens (including phenoxy) is 1. The highest BCUT2D eigenvalue weighted by atomic mass is 35.5. The third-order valence-electron chi connectivity index (χ3n) is 3.55. The lowest BCUT2D eigenvalue weighted by atomic mass is 10.1. The third kappa shape index (κ3) is 3.37. The molecule has 21 heavy (non-hydrogen) atoms. The Labute approximate surface area is 128 Å². The van der Waals surface area contributed by atoms with Gasteiger partial charge in [0.05, 0.1) is 0 Å². The zero-order valence-electron chi connectivity index (χ0n) is 11.5. The van der Waals surface area contributed by atoms with Crippen LogP contribution in [0.15, 0.2) is 48.5 Å². The molecule has 1 N–H and O–H groups in total. The number of nitrogens with one attached hydrogen (secondary N) is 1. The number of benzene rings is 2. The maximum absolute atomic E-state index is 12.1. The molecule has 2 aromatic carbocycles. The van der Waals surface area contributed by atoms with Crippen molar-refractivity contribution in [2.24, 2.45) is 0 Å². The molecule has 1 aliphatic rings. The highest BCUT2D eigenvalue weighted by molar-refractivity contribution is 6.30. The van der Waals surface area contributed by atoms with Crippen LogP contribution in [0.3, 0.4) is 0 Å². The van der Waals surface area contributed by atoms with Crippen LogP contribution in [0.5, 0.6) is 5.75 Å². The topological polar surface area (TPSA) is 38.3 Å². The van der Waals surface area contributed by atoms with E-state index in [0.717, 1.165) is 17.7 Å². The second-order valence-corrected chi connectivity index (χ2v) is 5.53. The monoisotopic (exact) mass is 301 g/mol. The summed E-state index contributed by atoms with van der Waals surface area (Å²) in [6, 6.07) is 15.5. The Balaban J connectivity index is 1.51. The lowest BCUT2D eigenvalue weighted by molar-refractivity contribution is -0.127. The van der Waals surface area contributed by atoms with Crippen LogP contribution < -0.4 is 10.1 Å². The average molecular weight is 302 g/mol. The number of rotatable bonds is 4. The fourth-order valence-electron chi connectivity index (χ4n) is 2.45. The fraction of sp³-hybridized carbons (Fsp3) is 0.235. The number of hydrogen-bond acceptors (Lipinski definition) is 2. The van der Waals surface area contributed by atoms with E-state index in [0.29, 0.717) is 18.0 Å². The van der Waals surface area contributed by atoms with Gasteiger partial charge in [-0.25, -0.2) is 0 Å². The molecular formula is C17H16ClNO2. The summed E-state index contributed by atoms with van der Waals surface area (Å²) in [5.41, 5.74) is 2.20. The van der Waals surface area contributed by atoms with Crippen LogP contribution in [0.25, 0.3) is 0 Å². The molecule has 0 saturated heterocycles. The van der Waals surface area contributed by atoms with Crippen molar-refractivity contribution in [3.63, 3.8) is 0 Å². The quantitative estimate of drug-likeness (QED) is 0.943. The van der Waals surface area contributed by atoms with Gasteiger partial charge in [-0.1, -0.05) is 41.9 Å². The third-order valence-corrected chi connectivity index (χ3v) is 3.78. The Bertz CT molecular complexity index is 642. The van der Waals surface area contributed by atoms with Gasteiger partial charge in [-0.3, -0.25) is 4.79 Å². The van der Waals surface area contributed by atoms with E-state index in [2.05, 4.69) is 17.4 Å². The van der Waals surface area contributed by atoms with E-state index < -0.39 is 6.10 Å². The van der Waals surface area contributed by atoms with E-state index >= 15 is 0 Å². The number of amides is 1. The molecule has 3 rings (SSSR count). The van der Waals surface area contributed by atoms with E-state index in [9.17, 15) is 4.79 Å². The first kappa shape index (κ1) is 14.0. The first-order chi connectivity index (χ1) is 10.2. The van der Waals surface area contributed by atoms with Crippen LogP contribution in [0, 0.1) is 0 Å². The molecule has 1 atom stereocenters. The predicted octanol–water partition coefficient (Wildman–Crippen LogP) is 3.00. The van der Waals surface area contributed by atoms with Crippen LogP contribution in [-0.2, 0) is 17.6 Å². The summed E-state index contributed by atoms with van der Waals surface area (Å²) in [4.78, 5) is 12.1. The summed E-state index contributed by atoms with van der Waals surface area (Å²) in [6.07, 6.45) is 0.944. The van der Waals surface area contributed by atoms with Crippen LogP contribution >= 0.6 is 11.6 Å². The molecular weight excluding hydrogens is 286 g/mol. The smallest absolute Gasteiger partial charge is 0.261 e. The zero-order chi connectivity index (χ0) is 14.7. The molecule has 1 amide bonds. The van der Waals surface area contributed by atoms with Gasteiger partial charge in [0.1, 0.15) is 5.75 Å². The van der Waals surface area contributed by atoms with Crippen molar-refractivity contribution >= 4 is 17.5 Å². The van der Waals surface area contributed by atoms with Gasteiger partial charge in [-0.2, -0.15) is 0 Å². The van der Waals surface area contributed by atoms with Crippen molar-refractivity contribution in [3.05, 3.63) is 64.7 Å². The number of hydrogen-bond donors (Lipinski definition) is 1. The minimum absolute atomic E-state index is 0.0711. The number of carbonyl (C=O) groups is 1. The number of fused-ring (bicyclic) bond motifs is 1. The van der Waals surface area contributed by atoms with Gasteiger partial charge in [-0.15, -0.1) is 0 Å². The molecule has 0 unspecified atom stereocenters. The van der Waals surface area contributed by atoms with Gasteiger partial charge in [0.2, 0.25) is 0 Å². The molecule has 2 aromatic rings. The maximum atomic E-state index is 12.1. The molecule has 0 aliphatic carbocycles. The standard InChI is InChI=1S/C17H16ClNO2/c18-14-6-7-15-13(10-14)11-16(21-15)17(20)19-9-8-12-4-2-1-3-5-12/h1-7,10,16H,8-9,11H2,(H,19,20)/t16-/m0/s1. The van der Waals surface area contributed by atoms with Gasteiger partial charge in [0.15, 0.2) is 6.10 Å². The highest BCUT2D eigenvalue weighted by Gasteiger charge is 2.28. The van der Waals surface area contributed by atoms with E-state index in [1.807, 2.05) is 30.3 Å². The van der Waals surface area contributed by atoms with Gasteiger partial charge in [0, 0.05) is 18.0 Å². The molecule has 1 aliphatic heterocycles. The molecule has 3 nitrogen and oxygen atoms in total. The Kier molecular flexibility index (Phi) is 4.11. The zero-order valence-corrected chi connectivity index (χ0v) is 12.3. The summed E-state index contributed by atoms with van der Waals surface area (Å²) < 4.78 is 5.66. The summed E-state index contributed by atoms with van der Waals surface area (Å²) in [5.74, 6) is 0.681. The van der Waals surface area contributed by atoms with Gasteiger partial charge in [-0.05, 0) is 35.7 Å². The van der Waals surface area contributed by atoms with E-state index in [1.165, 1.54) is 5.56 Å². The van der Waals surface area contributed by atoms with Crippen molar-refractivity contribution in [3.8, 4) is 5.75 Å². The molecule has 0 bridgehead atoms. The average Bonchev–Trinajstić information content (AvgIpc) is 2.91. The fourth-order valence-corrected chi connectivity index (χ4v) is 2.65. The first-order valence-electron chi connectivity index (χ1n) is 6.99. The first-order valence-corrected chi connectivity index (χ1v) is 7.37. The Morgan fingerprint density at radius 3 is 2.86 bits per heavy atom. The van der Waals surface area contributed by atoms with Gasteiger partial charge >= 0.3 is 0 Å². The van der Waals surface area contributed by atoms with Crippen LogP contribution in [0.2, 0.25) is 5.02 Å². The minimum Gasteiger partial charge on any atom is -0.480 e. The van der Waals surface area contributed by atoms with Crippen LogP contribution in [0.4, 0.5) is 0 Å².